The fourth-order valence-corrected chi connectivity index (χ4v) is 3.51. The number of benzene rings is 1. The molecule has 1 saturated heterocycles. The van der Waals surface area contributed by atoms with E-state index in [4.69, 9.17) is 11.6 Å². The first-order valence-corrected chi connectivity index (χ1v) is 8.11. The number of hydrogen-bond acceptors (Lipinski definition) is 3. The normalized spacial score (nSPS) is 18.2. The van der Waals surface area contributed by atoms with Gasteiger partial charge in [0.25, 0.3) is 5.91 Å². The van der Waals surface area contributed by atoms with Crippen molar-refractivity contribution < 1.29 is 9.18 Å². The van der Waals surface area contributed by atoms with E-state index in [0.717, 1.165) is 12.8 Å². The van der Waals surface area contributed by atoms with E-state index in [1.165, 1.54) is 17.4 Å². The van der Waals surface area contributed by atoms with Crippen LogP contribution in [0.15, 0.2) is 29.1 Å². The third-order valence-corrected chi connectivity index (χ3v) is 4.73. The molecule has 1 atom stereocenters. The molecule has 1 amide bonds. The van der Waals surface area contributed by atoms with Crippen molar-refractivity contribution >= 4 is 28.8 Å². The first-order valence-electron chi connectivity index (χ1n) is 6.79. The molecule has 1 aliphatic heterocycles. The minimum absolute atomic E-state index is 0.0198. The van der Waals surface area contributed by atoms with Crippen molar-refractivity contribution in [1.29, 1.82) is 0 Å². The molecule has 3 nitrogen and oxygen atoms in total. The second kappa shape index (κ2) is 6.12. The van der Waals surface area contributed by atoms with Gasteiger partial charge in [0.15, 0.2) is 0 Å². The molecule has 0 spiro atoms. The zero-order valence-electron chi connectivity index (χ0n) is 11.3. The maximum absolute atomic E-state index is 13.9. The minimum atomic E-state index is -0.310. The number of likely N-dealkylation sites (tertiary alicyclic amines) is 1. The van der Waals surface area contributed by atoms with Gasteiger partial charge in [0.2, 0.25) is 0 Å². The maximum atomic E-state index is 13.9. The molecule has 3 rings (SSSR count). The van der Waals surface area contributed by atoms with Gasteiger partial charge in [0.05, 0.1) is 5.51 Å². The highest BCUT2D eigenvalue weighted by molar-refractivity contribution is 7.07. The summed E-state index contributed by atoms with van der Waals surface area (Å²) in [6, 6.07) is 4.66. The molecule has 0 aliphatic carbocycles. The highest BCUT2D eigenvalue weighted by atomic mass is 35.5. The van der Waals surface area contributed by atoms with E-state index in [1.54, 1.807) is 27.9 Å². The molecule has 2 aromatic rings. The number of hydrogen-bond donors (Lipinski definition) is 0. The van der Waals surface area contributed by atoms with Crippen LogP contribution in [0.2, 0.25) is 5.02 Å². The second-order valence-corrected chi connectivity index (χ2v) is 6.20. The smallest absolute Gasteiger partial charge is 0.273 e. The van der Waals surface area contributed by atoms with Crippen molar-refractivity contribution in [3.63, 3.8) is 0 Å². The summed E-state index contributed by atoms with van der Waals surface area (Å²) in [6.07, 6.45) is 2.23. The number of carbonyl (C=O) groups is 1. The molecule has 0 bridgehead atoms. The van der Waals surface area contributed by atoms with Crippen LogP contribution in [-0.2, 0) is 6.42 Å². The third-order valence-electron chi connectivity index (χ3n) is 3.79. The van der Waals surface area contributed by atoms with E-state index in [2.05, 4.69) is 4.98 Å². The summed E-state index contributed by atoms with van der Waals surface area (Å²) in [6.45, 7) is 0.688. The Kier molecular flexibility index (Phi) is 4.22. The standard InChI is InChI=1S/C15H14ClFN2OS/c16-12-4-1-5-13(17)11(12)7-10-3-2-6-19(10)15(20)14-8-21-9-18-14/h1,4-5,8-10H,2-3,6-7H2. The largest absolute Gasteiger partial charge is 0.334 e. The average Bonchev–Trinajstić information content (AvgIpc) is 3.13. The van der Waals surface area contributed by atoms with Crippen molar-refractivity contribution in [1.82, 2.24) is 9.88 Å². The van der Waals surface area contributed by atoms with E-state index in [-0.39, 0.29) is 17.8 Å². The first kappa shape index (κ1) is 14.5. The highest BCUT2D eigenvalue weighted by Gasteiger charge is 2.31. The Hall–Kier alpha value is -1.46. The summed E-state index contributed by atoms with van der Waals surface area (Å²) in [5.41, 5.74) is 2.60. The molecule has 0 saturated carbocycles. The van der Waals surface area contributed by atoms with Crippen LogP contribution in [0.3, 0.4) is 0 Å². The fourth-order valence-electron chi connectivity index (χ4n) is 2.74. The third kappa shape index (κ3) is 2.94. The number of amides is 1. The first-order chi connectivity index (χ1) is 10.2. The van der Waals surface area contributed by atoms with Gasteiger partial charge >= 0.3 is 0 Å². The predicted molar refractivity (Wildman–Crippen MR) is 81.3 cm³/mol. The number of thiazole rings is 1. The lowest BCUT2D eigenvalue weighted by Crippen LogP contribution is -2.37. The molecule has 0 N–H and O–H groups in total. The summed E-state index contributed by atoms with van der Waals surface area (Å²) in [5.74, 6) is -0.387. The Morgan fingerprint density at radius 3 is 3.10 bits per heavy atom. The van der Waals surface area contributed by atoms with Crippen LogP contribution in [-0.4, -0.2) is 28.4 Å². The van der Waals surface area contributed by atoms with Gasteiger partial charge in [-0.15, -0.1) is 11.3 Å². The molecule has 1 aliphatic rings. The van der Waals surface area contributed by atoms with Gasteiger partial charge in [0, 0.05) is 28.6 Å². The van der Waals surface area contributed by atoms with Gasteiger partial charge in [0.1, 0.15) is 11.5 Å². The molecule has 1 fully saturated rings. The molecule has 21 heavy (non-hydrogen) atoms. The molecule has 1 aromatic heterocycles. The second-order valence-electron chi connectivity index (χ2n) is 5.07. The predicted octanol–water partition coefficient (Wildman–Crippen LogP) is 3.78. The lowest BCUT2D eigenvalue weighted by molar-refractivity contribution is 0.0730. The van der Waals surface area contributed by atoms with Crippen LogP contribution in [0.5, 0.6) is 0 Å². The Morgan fingerprint density at radius 1 is 1.52 bits per heavy atom. The van der Waals surface area contributed by atoms with Crippen LogP contribution in [0, 0.1) is 5.82 Å². The van der Waals surface area contributed by atoms with Crippen LogP contribution in [0.1, 0.15) is 28.9 Å². The monoisotopic (exact) mass is 324 g/mol. The summed E-state index contributed by atoms with van der Waals surface area (Å²) < 4.78 is 13.9. The number of aromatic nitrogens is 1. The van der Waals surface area contributed by atoms with E-state index >= 15 is 0 Å². The minimum Gasteiger partial charge on any atom is -0.334 e. The number of halogens is 2. The highest BCUT2D eigenvalue weighted by Crippen LogP contribution is 2.27. The van der Waals surface area contributed by atoms with E-state index in [1.807, 2.05) is 0 Å². The Morgan fingerprint density at radius 2 is 2.38 bits per heavy atom. The van der Waals surface area contributed by atoms with Crippen molar-refractivity contribution in [3.8, 4) is 0 Å². The number of nitrogens with zero attached hydrogens (tertiary/aromatic N) is 2. The Labute approximate surface area is 131 Å². The van der Waals surface area contributed by atoms with E-state index < -0.39 is 0 Å². The lowest BCUT2D eigenvalue weighted by Gasteiger charge is -2.24. The van der Waals surface area contributed by atoms with Crippen LogP contribution in [0.25, 0.3) is 0 Å². The molecular weight excluding hydrogens is 311 g/mol. The van der Waals surface area contributed by atoms with Crippen molar-refractivity contribution in [2.45, 2.75) is 25.3 Å². The van der Waals surface area contributed by atoms with Gasteiger partial charge < -0.3 is 4.90 Å². The van der Waals surface area contributed by atoms with Gasteiger partial charge in [-0.05, 0) is 31.4 Å². The van der Waals surface area contributed by atoms with Crippen molar-refractivity contribution in [3.05, 3.63) is 51.2 Å². The summed E-state index contributed by atoms with van der Waals surface area (Å²) in [4.78, 5) is 18.3. The lowest BCUT2D eigenvalue weighted by atomic mass is 10.0. The maximum Gasteiger partial charge on any atom is 0.273 e. The number of carbonyl (C=O) groups excluding carboxylic acids is 1. The molecule has 6 heteroatoms. The van der Waals surface area contributed by atoms with Crippen molar-refractivity contribution in [2.24, 2.45) is 0 Å². The van der Waals surface area contributed by atoms with Gasteiger partial charge in [-0.2, -0.15) is 0 Å². The molecule has 1 unspecified atom stereocenters. The van der Waals surface area contributed by atoms with Gasteiger partial charge in [-0.1, -0.05) is 17.7 Å². The SMILES string of the molecule is O=C(c1cscn1)N1CCCC1Cc1c(F)cccc1Cl. The number of rotatable bonds is 3. The fraction of sp³-hybridized carbons (Fsp3) is 0.333. The molecule has 2 heterocycles. The molecular formula is C15H14ClFN2OS. The topological polar surface area (TPSA) is 33.2 Å². The van der Waals surface area contributed by atoms with Crippen LogP contribution < -0.4 is 0 Å². The molecule has 0 radical (unpaired) electrons. The average molecular weight is 325 g/mol. The summed E-state index contributed by atoms with van der Waals surface area (Å²) in [7, 11) is 0. The summed E-state index contributed by atoms with van der Waals surface area (Å²) >= 11 is 7.48. The van der Waals surface area contributed by atoms with Crippen LogP contribution >= 0.6 is 22.9 Å². The zero-order chi connectivity index (χ0) is 14.8. The van der Waals surface area contributed by atoms with Gasteiger partial charge in [-0.25, -0.2) is 9.37 Å². The molecule has 1 aromatic carbocycles. The van der Waals surface area contributed by atoms with E-state index in [0.29, 0.717) is 29.2 Å². The van der Waals surface area contributed by atoms with E-state index in [9.17, 15) is 9.18 Å². The Bertz CT molecular complexity index is 627. The zero-order valence-corrected chi connectivity index (χ0v) is 12.8. The quantitative estimate of drug-likeness (QED) is 0.860. The summed E-state index contributed by atoms with van der Waals surface area (Å²) in [5, 5.41) is 2.16. The van der Waals surface area contributed by atoms with Gasteiger partial charge in [-0.3, -0.25) is 4.79 Å². The van der Waals surface area contributed by atoms with Crippen molar-refractivity contribution in [2.75, 3.05) is 6.54 Å². The van der Waals surface area contributed by atoms with Crippen LogP contribution in [0.4, 0.5) is 4.39 Å². The Balaban J connectivity index is 1.80. The molecule has 110 valence electrons.